The van der Waals surface area contributed by atoms with Gasteiger partial charge in [-0.1, -0.05) is 0 Å². The van der Waals surface area contributed by atoms with Gasteiger partial charge in [0.2, 0.25) is 11.8 Å². The molecule has 0 bridgehead atoms. The van der Waals surface area contributed by atoms with Crippen LogP contribution in [0.3, 0.4) is 0 Å². The number of nitrogens with zero attached hydrogens (tertiary/aromatic N) is 2. The van der Waals surface area contributed by atoms with Gasteiger partial charge in [-0.2, -0.15) is 10.2 Å². The predicted octanol–water partition coefficient (Wildman–Crippen LogP) is -0.544. The van der Waals surface area contributed by atoms with Crippen LogP contribution in [-0.2, 0) is 16.1 Å². The van der Waals surface area contributed by atoms with E-state index in [-0.39, 0.29) is 11.8 Å². The van der Waals surface area contributed by atoms with Crippen LogP contribution in [0, 0.1) is 0 Å². The average Bonchev–Trinajstić information content (AvgIpc) is 2.29. The number of carbonyl (C=O) groups is 2. The molecular formula is C10H12N4O2. The van der Waals surface area contributed by atoms with Crippen LogP contribution >= 0.6 is 0 Å². The van der Waals surface area contributed by atoms with Crippen molar-refractivity contribution in [1.29, 1.82) is 0 Å². The van der Waals surface area contributed by atoms with Crippen molar-refractivity contribution in [1.82, 2.24) is 15.5 Å². The Morgan fingerprint density at radius 2 is 2.31 bits per heavy atom. The highest BCUT2D eigenvalue weighted by Crippen LogP contribution is 2.22. The largest absolute Gasteiger partial charge is 0.326 e. The molecular weight excluding hydrogens is 208 g/mol. The average molecular weight is 220 g/mol. The molecule has 0 aliphatic carbocycles. The van der Waals surface area contributed by atoms with Crippen LogP contribution in [0.15, 0.2) is 12.3 Å². The van der Waals surface area contributed by atoms with Gasteiger partial charge in [0.05, 0.1) is 17.8 Å². The fourth-order valence-electron chi connectivity index (χ4n) is 1.68. The molecule has 1 fully saturated rings. The molecule has 1 saturated heterocycles. The van der Waals surface area contributed by atoms with Crippen LogP contribution in [0.1, 0.15) is 30.0 Å². The van der Waals surface area contributed by atoms with Crippen molar-refractivity contribution in [3.63, 3.8) is 0 Å². The zero-order valence-electron chi connectivity index (χ0n) is 8.64. The minimum atomic E-state index is -0.392. The molecule has 0 radical (unpaired) electrons. The highest BCUT2D eigenvalue weighted by Gasteiger charge is 2.29. The number of carbonyl (C=O) groups excluding carboxylic acids is 2. The summed E-state index contributed by atoms with van der Waals surface area (Å²) in [5.41, 5.74) is 6.89. The second kappa shape index (κ2) is 4.36. The molecule has 16 heavy (non-hydrogen) atoms. The van der Waals surface area contributed by atoms with E-state index in [1.54, 1.807) is 12.3 Å². The number of aromatic nitrogens is 2. The standard InChI is InChI=1S/C10H12N4O2/c11-4-6-3-8(14-12-5-6)7-1-2-9(15)13-10(7)16/h3,5,7H,1-2,4,11H2,(H,13,15,16). The van der Waals surface area contributed by atoms with Gasteiger partial charge in [-0.15, -0.1) is 0 Å². The molecule has 1 unspecified atom stereocenters. The second-order valence-corrected chi connectivity index (χ2v) is 3.70. The van der Waals surface area contributed by atoms with Gasteiger partial charge >= 0.3 is 0 Å². The molecule has 1 aliphatic rings. The highest BCUT2D eigenvalue weighted by molar-refractivity contribution is 6.00. The first-order valence-electron chi connectivity index (χ1n) is 5.06. The van der Waals surface area contributed by atoms with Gasteiger partial charge < -0.3 is 5.73 Å². The van der Waals surface area contributed by atoms with Crippen LogP contribution in [0.25, 0.3) is 0 Å². The third-order valence-corrected chi connectivity index (χ3v) is 2.56. The lowest BCUT2D eigenvalue weighted by Crippen LogP contribution is -2.39. The second-order valence-electron chi connectivity index (χ2n) is 3.70. The van der Waals surface area contributed by atoms with Crippen LogP contribution in [-0.4, -0.2) is 22.0 Å². The summed E-state index contributed by atoms with van der Waals surface area (Å²) in [6, 6.07) is 1.76. The Kier molecular flexibility index (Phi) is 2.91. The first-order chi connectivity index (χ1) is 7.70. The van der Waals surface area contributed by atoms with E-state index in [4.69, 9.17) is 5.73 Å². The number of amides is 2. The van der Waals surface area contributed by atoms with E-state index in [0.29, 0.717) is 25.1 Å². The molecule has 1 aromatic rings. The van der Waals surface area contributed by atoms with E-state index in [9.17, 15) is 9.59 Å². The van der Waals surface area contributed by atoms with E-state index >= 15 is 0 Å². The van der Waals surface area contributed by atoms with Gasteiger partial charge in [0.25, 0.3) is 0 Å². The van der Waals surface area contributed by atoms with Gasteiger partial charge in [0.1, 0.15) is 0 Å². The summed E-state index contributed by atoms with van der Waals surface area (Å²) in [5, 5.41) is 9.99. The number of hydrogen-bond donors (Lipinski definition) is 2. The van der Waals surface area contributed by atoms with Crippen molar-refractivity contribution in [3.05, 3.63) is 23.5 Å². The fraction of sp³-hybridized carbons (Fsp3) is 0.400. The van der Waals surface area contributed by atoms with Crippen molar-refractivity contribution >= 4 is 11.8 Å². The molecule has 2 heterocycles. The van der Waals surface area contributed by atoms with E-state index in [1.807, 2.05) is 0 Å². The maximum absolute atomic E-state index is 11.6. The lowest BCUT2D eigenvalue weighted by Gasteiger charge is -2.19. The molecule has 1 aromatic heterocycles. The zero-order valence-corrected chi connectivity index (χ0v) is 8.64. The molecule has 6 nitrogen and oxygen atoms in total. The summed E-state index contributed by atoms with van der Waals surface area (Å²) in [4.78, 5) is 22.6. The smallest absolute Gasteiger partial charge is 0.235 e. The number of piperidine rings is 1. The maximum atomic E-state index is 11.6. The Morgan fingerprint density at radius 1 is 1.50 bits per heavy atom. The molecule has 1 aliphatic heterocycles. The van der Waals surface area contributed by atoms with Crippen molar-refractivity contribution in [2.24, 2.45) is 5.73 Å². The monoisotopic (exact) mass is 220 g/mol. The van der Waals surface area contributed by atoms with Gasteiger partial charge in [0.15, 0.2) is 0 Å². The first-order valence-corrected chi connectivity index (χ1v) is 5.06. The molecule has 3 N–H and O–H groups in total. The molecule has 0 aromatic carbocycles. The van der Waals surface area contributed by atoms with Gasteiger partial charge in [-0.25, -0.2) is 0 Å². The van der Waals surface area contributed by atoms with Gasteiger partial charge in [-0.05, 0) is 18.1 Å². The molecule has 0 saturated carbocycles. The Hall–Kier alpha value is -1.82. The van der Waals surface area contributed by atoms with Crippen molar-refractivity contribution in [2.75, 3.05) is 0 Å². The predicted molar refractivity (Wildman–Crippen MR) is 55.0 cm³/mol. The van der Waals surface area contributed by atoms with E-state index in [2.05, 4.69) is 15.5 Å². The quantitative estimate of drug-likeness (QED) is 0.652. The van der Waals surface area contributed by atoms with Gasteiger partial charge in [-0.3, -0.25) is 14.9 Å². The van der Waals surface area contributed by atoms with Crippen molar-refractivity contribution in [3.8, 4) is 0 Å². The molecule has 2 rings (SSSR count). The van der Waals surface area contributed by atoms with Crippen LogP contribution < -0.4 is 11.1 Å². The molecule has 0 spiro atoms. The van der Waals surface area contributed by atoms with Crippen molar-refractivity contribution < 1.29 is 9.59 Å². The molecule has 84 valence electrons. The van der Waals surface area contributed by atoms with Crippen LogP contribution in [0.5, 0.6) is 0 Å². The Bertz CT molecular complexity index is 433. The number of rotatable bonds is 2. The van der Waals surface area contributed by atoms with Crippen LogP contribution in [0.2, 0.25) is 0 Å². The lowest BCUT2D eigenvalue weighted by molar-refractivity contribution is -0.134. The molecule has 6 heteroatoms. The third kappa shape index (κ3) is 2.06. The number of imide groups is 1. The molecule has 2 amide bonds. The minimum Gasteiger partial charge on any atom is -0.326 e. The first kappa shape index (κ1) is 10.7. The molecule has 1 atom stereocenters. The summed E-state index contributed by atoms with van der Waals surface area (Å²) in [6.07, 6.45) is 2.38. The highest BCUT2D eigenvalue weighted by atomic mass is 16.2. The number of hydrogen-bond acceptors (Lipinski definition) is 5. The van der Waals surface area contributed by atoms with E-state index < -0.39 is 5.92 Å². The summed E-state index contributed by atoms with van der Waals surface area (Å²) < 4.78 is 0. The minimum absolute atomic E-state index is 0.232. The normalized spacial score (nSPS) is 20.7. The SMILES string of the molecule is NCc1cnnc(C2CCC(=O)NC2=O)c1. The van der Waals surface area contributed by atoms with E-state index in [1.165, 1.54) is 0 Å². The lowest BCUT2D eigenvalue weighted by atomic mass is 9.94. The van der Waals surface area contributed by atoms with Gasteiger partial charge in [0, 0.05) is 13.0 Å². The van der Waals surface area contributed by atoms with Crippen LogP contribution in [0.4, 0.5) is 0 Å². The number of nitrogens with one attached hydrogen (secondary N) is 1. The zero-order chi connectivity index (χ0) is 11.5. The third-order valence-electron chi connectivity index (χ3n) is 2.56. The topological polar surface area (TPSA) is 98.0 Å². The summed E-state index contributed by atoms with van der Waals surface area (Å²) >= 11 is 0. The summed E-state index contributed by atoms with van der Waals surface area (Å²) in [6.45, 7) is 0.357. The maximum Gasteiger partial charge on any atom is 0.235 e. The number of nitrogens with two attached hydrogens (primary N) is 1. The summed E-state index contributed by atoms with van der Waals surface area (Å²) in [7, 11) is 0. The summed E-state index contributed by atoms with van der Waals surface area (Å²) in [5.74, 6) is -0.930. The van der Waals surface area contributed by atoms with Crippen molar-refractivity contribution in [2.45, 2.75) is 25.3 Å². The Labute approximate surface area is 92.2 Å². The Balaban J connectivity index is 2.23. The fourth-order valence-corrected chi connectivity index (χ4v) is 1.68. The Morgan fingerprint density at radius 3 is 3.00 bits per heavy atom. The van der Waals surface area contributed by atoms with E-state index in [0.717, 1.165) is 5.56 Å².